The lowest BCUT2D eigenvalue weighted by molar-refractivity contribution is -0.126. The molecular weight excluding hydrogens is 339 g/mol. The maximum atomic E-state index is 12.4. The van der Waals surface area contributed by atoms with Gasteiger partial charge in [0.05, 0.1) is 0 Å². The third-order valence-electron chi connectivity index (χ3n) is 5.12. The predicted octanol–water partition coefficient (Wildman–Crippen LogP) is 1.24. The Morgan fingerprint density at radius 3 is 2.48 bits per heavy atom. The van der Waals surface area contributed by atoms with Gasteiger partial charge in [-0.2, -0.15) is 0 Å². The van der Waals surface area contributed by atoms with Crippen molar-refractivity contribution in [3.8, 4) is 0 Å². The average Bonchev–Trinajstić information content (AvgIpc) is 2.72. The van der Waals surface area contributed by atoms with E-state index in [1.54, 1.807) is 36.4 Å². The second-order valence-electron chi connectivity index (χ2n) is 6.92. The first-order valence-corrected chi connectivity index (χ1v) is 9.29. The number of carbonyl (C=O) groups excluding carboxylic acids is 1. The van der Waals surface area contributed by atoms with Crippen LogP contribution in [0.3, 0.4) is 0 Å². The topological polar surface area (TPSA) is 86.8 Å². The Hall–Kier alpha value is -2.41. The van der Waals surface area contributed by atoms with E-state index >= 15 is 0 Å². The monoisotopic (exact) mass is 364 g/mol. The lowest BCUT2D eigenvalue weighted by atomic mass is 9.80. The highest BCUT2D eigenvalue weighted by Crippen LogP contribution is 2.28. The predicted molar refractivity (Wildman–Crippen MR) is 108 cm³/mol. The molecule has 0 radical (unpaired) electrons. The summed E-state index contributed by atoms with van der Waals surface area (Å²) >= 11 is 0. The van der Waals surface area contributed by atoms with Crippen molar-refractivity contribution in [1.29, 1.82) is 0 Å². The Kier molecular flexibility index (Phi) is 6.45. The summed E-state index contributed by atoms with van der Waals surface area (Å²) in [6.45, 7) is 2.04. The number of nitrogens with zero attached hydrogens (tertiary/aromatic N) is 1. The molecule has 3 rings (SSSR count). The van der Waals surface area contributed by atoms with E-state index in [9.17, 15) is 4.79 Å². The summed E-state index contributed by atoms with van der Waals surface area (Å²) in [6.07, 6.45) is 5.25. The average molecular weight is 364 g/mol. The highest BCUT2D eigenvalue weighted by Gasteiger charge is 2.22. The summed E-state index contributed by atoms with van der Waals surface area (Å²) in [4.78, 5) is 14.3. The van der Waals surface area contributed by atoms with Gasteiger partial charge in [-0.3, -0.25) is 4.79 Å². The zero-order valence-electron chi connectivity index (χ0n) is 15.3. The minimum atomic E-state index is -1.48. The summed E-state index contributed by atoms with van der Waals surface area (Å²) in [5.41, 5.74) is 9.47. The van der Waals surface area contributed by atoms with Gasteiger partial charge in [0, 0.05) is 25.7 Å². The fourth-order valence-corrected chi connectivity index (χ4v) is 3.46. The molecule has 5 nitrogen and oxygen atoms in total. The Bertz CT molecular complexity index is 797. The van der Waals surface area contributed by atoms with Gasteiger partial charge in [0.1, 0.15) is 0 Å². The van der Waals surface area contributed by atoms with Gasteiger partial charge in [-0.1, -0.05) is 48.5 Å². The second-order valence-corrected chi connectivity index (χ2v) is 6.92. The lowest BCUT2D eigenvalue weighted by Crippen LogP contribution is -2.36. The molecule has 0 saturated carbocycles. The number of rotatable bonds is 5. The molecule has 0 spiro atoms. The largest absolute Gasteiger partial charge is 0.488 e. The number of carbonyl (C=O) groups is 1. The standard InChI is InChI=1S/C21H25BN2O3/c23-15-17-2-1-3-19(14-17)18-10-12-24(13-11-18)21(25)9-6-16-4-7-20(8-5-16)22(26)27/h1-9,14,18,26-27H,10-13,15,23H2/b9-6+. The van der Waals surface area contributed by atoms with Crippen LogP contribution in [-0.2, 0) is 11.3 Å². The van der Waals surface area contributed by atoms with Crippen LogP contribution in [0.4, 0.5) is 0 Å². The Morgan fingerprint density at radius 1 is 1.15 bits per heavy atom. The maximum absolute atomic E-state index is 12.4. The Balaban J connectivity index is 1.55. The maximum Gasteiger partial charge on any atom is 0.488 e. The first-order valence-electron chi connectivity index (χ1n) is 9.29. The third-order valence-corrected chi connectivity index (χ3v) is 5.12. The minimum absolute atomic E-state index is 0.00966. The number of likely N-dealkylation sites (tertiary alicyclic amines) is 1. The van der Waals surface area contributed by atoms with Crippen LogP contribution in [0.5, 0.6) is 0 Å². The molecule has 2 aromatic rings. The van der Waals surface area contributed by atoms with E-state index in [2.05, 4.69) is 18.2 Å². The van der Waals surface area contributed by atoms with E-state index in [0.29, 0.717) is 17.9 Å². The van der Waals surface area contributed by atoms with Crippen LogP contribution >= 0.6 is 0 Å². The van der Waals surface area contributed by atoms with Crippen molar-refractivity contribution in [3.63, 3.8) is 0 Å². The number of hydrogen-bond donors (Lipinski definition) is 3. The second kappa shape index (κ2) is 8.99. The molecule has 1 saturated heterocycles. The molecular formula is C21H25BN2O3. The Labute approximate surface area is 160 Å². The van der Waals surface area contributed by atoms with E-state index in [-0.39, 0.29) is 5.91 Å². The summed E-state index contributed by atoms with van der Waals surface area (Å²) < 4.78 is 0. The van der Waals surface area contributed by atoms with E-state index in [1.165, 1.54) is 5.56 Å². The minimum Gasteiger partial charge on any atom is -0.423 e. The fourth-order valence-electron chi connectivity index (χ4n) is 3.46. The fraction of sp³-hybridized carbons (Fsp3) is 0.286. The van der Waals surface area contributed by atoms with E-state index in [1.807, 2.05) is 11.0 Å². The van der Waals surface area contributed by atoms with Gasteiger partial charge in [-0.15, -0.1) is 0 Å². The molecule has 1 fully saturated rings. The Morgan fingerprint density at radius 2 is 1.85 bits per heavy atom. The molecule has 1 heterocycles. The molecule has 27 heavy (non-hydrogen) atoms. The van der Waals surface area contributed by atoms with Crippen molar-refractivity contribution in [3.05, 3.63) is 71.3 Å². The zero-order chi connectivity index (χ0) is 19.2. The summed E-state index contributed by atoms with van der Waals surface area (Å²) in [6, 6.07) is 15.2. The zero-order valence-corrected chi connectivity index (χ0v) is 15.3. The quantitative estimate of drug-likeness (QED) is 0.551. The van der Waals surface area contributed by atoms with Crippen LogP contribution in [0.2, 0.25) is 0 Å². The van der Waals surface area contributed by atoms with Gasteiger partial charge in [-0.25, -0.2) is 0 Å². The van der Waals surface area contributed by atoms with E-state index < -0.39 is 7.12 Å². The summed E-state index contributed by atoms with van der Waals surface area (Å²) in [5.74, 6) is 0.484. The van der Waals surface area contributed by atoms with Crippen LogP contribution in [0.15, 0.2) is 54.6 Å². The van der Waals surface area contributed by atoms with Crippen molar-refractivity contribution in [2.75, 3.05) is 13.1 Å². The van der Waals surface area contributed by atoms with Gasteiger partial charge in [0.25, 0.3) is 0 Å². The molecule has 0 bridgehead atoms. The van der Waals surface area contributed by atoms with Crippen LogP contribution < -0.4 is 11.2 Å². The van der Waals surface area contributed by atoms with Gasteiger partial charge in [-0.05, 0) is 47.0 Å². The molecule has 0 aromatic heterocycles. The van der Waals surface area contributed by atoms with Crippen molar-refractivity contribution < 1.29 is 14.8 Å². The van der Waals surface area contributed by atoms with Crippen LogP contribution in [0, 0.1) is 0 Å². The highest BCUT2D eigenvalue weighted by atomic mass is 16.4. The molecule has 6 heteroatoms. The molecule has 2 aromatic carbocycles. The molecule has 0 atom stereocenters. The molecule has 0 aliphatic carbocycles. The van der Waals surface area contributed by atoms with Gasteiger partial charge >= 0.3 is 7.12 Å². The number of hydrogen-bond acceptors (Lipinski definition) is 4. The first-order chi connectivity index (χ1) is 13.1. The van der Waals surface area contributed by atoms with Crippen molar-refractivity contribution in [1.82, 2.24) is 4.90 Å². The van der Waals surface area contributed by atoms with E-state index in [4.69, 9.17) is 15.8 Å². The van der Waals surface area contributed by atoms with Gasteiger partial charge in [0.2, 0.25) is 5.91 Å². The molecule has 1 aliphatic heterocycles. The van der Waals surface area contributed by atoms with E-state index in [0.717, 1.165) is 37.1 Å². The van der Waals surface area contributed by atoms with Gasteiger partial charge < -0.3 is 20.7 Å². The SMILES string of the molecule is NCc1cccc(C2CCN(C(=O)/C=C/c3ccc(B(O)O)cc3)CC2)c1. The lowest BCUT2D eigenvalue weighted by Gasteiger charge is -2.31. The molecule has 1 aliphatic rings. The molecule has 0 unspecified atom stereocenters. The van der Waals surface area contributed by atoms with Crippen LogP contribution in [0.25, 0.3) is 6.08 Å². The molecule has 1 amide bonds. The third kappa shape index (κ3) is 5.07. The number of piperidine rings is 1. The van der Waals surface area contributed by atoms with Crippen LogP contribution in [-0.4, -0.2) is 41.1 Å². The number of amides is 1. The van der Waals surface area contributed by atoms with Gasteiger partial charge in [0.15, 0.2) is 0 Å². The highest BCUT2D eigenvalue weighted by molar-refractivity contribution is 6.58. The van der Waals surface area contributed by atoms with Crippen molar-refractivity contribution in [2.24, 2.45) is 5.73 Å². The van der Waals surface area contributed by atoms with Crippen molar-refractivity contribution in [2.45, 2.75) is 25.3 Å². The normalized spacial score (nSPS) is 15.3. The molecule has 140 valence electrons. The van der Waals surface area contributed by atoms with Crippen molar-refractivity contribution >= 4 is 24.6 Å². The number of nitrogens with two attached hydrogens (primary N) is 1. The molecule has 4 N–H and O–H groups in total. The first kappa shape index (κ1) is 19.4. The smallest absolute Gasteiger partial charge is 0.423 e. The van der Waals surface area contributed by atoms with Crippen LogP contribution in [0.1, 0.15) is 35.4 Å². The summed E-state index contributed by atoms with van der Waals surface area (Å²) in [5, 5.41) is 18.2. The summed E-state index contributed by atoms with van der Waals surface area (Å²) in [7, 11) is -1.48. The number of benzene rings is 2.